The number of fused-ring (bicyclic) bond motifs is 4. The number of amides is 1. The van der Waals surface area contributed by atoms with Crippen molar-refractivity contribution in [2.24, 2.45) is 0 Å². The van der Waals surface area contributed by atoms with Gasteiger partial charge in [0, 0.05) is 5.39 Å². The molecule has 0 aliphatic carbocycles. The topological polar surface area (TPSA) is 64.4 Å². The van der Waals surface area contributed by atoms with E-state index in [0.29, 0.717) is 22.9 Å². The van der Waals surface area contributed by atoms with Crippen LogP contribution in [0, 0.1) is 0 Å². The van der Waals surface area contributed by atoms with E-state index in [-0.39, 0.29) is 12.5 Å². The number of nitrogens with zero attached hydrogens (tertiary/aromatic N) is 1. The molecule has 5 aromatic carbocycles. The quantitative estimate of drug-likeness (QED) is 0.317. The Labute approximate surface area is 195 Å². The molecule has 1 aromatic heterocycles. The molecule has 0 bridgehead atoms. The number of carbonyl (C=O) groups excluding carboxylic acids is 1. The number of rotatable bonds is 5. The Kier molecular flexibility index (Phi) is 4.92. The van der Waals surface area contributed by atoms with Crippen LogP contribution in [-0.4, -0.2) is 17.5 Å². The van der Waals surface area contributed by atoms with E-state index in [1.54, 1.807) is 0 Å². The summed E-state index contributed by atoms with van der Waals surface area (Å²) in [5.74, 6) is 0.841. The summed E-state index contributed by atoms with van der Waals surface area (Å²) in [6.07, 6.45) is 0. The Balaban J connectivity index is 1.24. The van der Waals surface area contributed by atoms with Gasteiger partial charge in [-0.15, -0.1) is 0 Å². The normalized spacial score (nSPS) is 11.2. The van der Waals surface area contributed by atoms with Gasteiger partial charge in [0.25, 0.3) is 5.91 Å². The number of carbonyl (C=O) groups is 1. The highest BCUT2D eigenvalue weighted by Crippen LogP contribution is 2.33. The van der Waals surface area contributed by atoms with Crippen LogP contribution >= 0.6 is 0 Å². The van der Waals surface area contributed by atoms with E-state index in [2.05, 4.69) is 10.3 Å². The molecule has 0 aliphatic heterocycles. The molecular formula is C29H20N2O3. The summed E-state index contributed by atoms with van der Waals surface area (Å²) in [6.45, 7) is -0.106. The fourth-order valence-corrected chi connectivity index (χ4v) is 4.14. The fourth-order valence-electron chi connectivity index (χ4n) is 4.14. The first-order valence-electron chi connectivity index (χ1n) is 11.0. The lowest BCUT2D eigenvalue weighted by Crippen LogP contribution is -2.20. The third-order valence-corrected chi connectivity index (χ3v) is 5.80. The molecule has 0 unspecified atom stereocenters. The molecule has 5 heteroatoms. The monoisotopic (exact) mass is 444 g/mol. The molecule has 0 radical (unpaired) electrons. The molecule has 0 saturated carbocycles. The first kappa shape index (κ1) is 20.0. The summed E-state index contributed by atoms with van der Waals surface area (Å²) in [6, 6.07) is 33.3. The van der Waals surface area contributed by atoms with Crippen LogP contribution < -0.4 is 10.1 Å². The number of benzene rings is 5. The second kappa shape index (κ2) is 8.37. The Morgan fingerprint density at radius 3 is 2.44 bits per heavy atom. The van der Waals surface area contributed by atoms with Crippen LogP contribution in [0.15, 0.2) is 108 Å². The highest BCUT2D eigenvalue weighted by molar-refractivity contribution is 6.04. The molecule has 0 spiro atoms. The van der Waals surface area contributed by atoms with Crippen LogP contribution in [0.2, 0.25) is 0 Å². The molecule has 0 saturated heterocycles. The van der Waals surface area contributed by atoms with Crippen LogP contribution in [-0.2, 0) is 4.79 Å². The number of para-hydroxylation sites is 1. The average Bonchev–Trinajstić information content (AvgIpc) is 3.32. The lowest BCUT2D eigenvalue weighted by molar-refractivity contribution is -0.118. The minimum atomic E-state index is -0.262. The highest BCUT2D eigenvalue weighted by atomic mass is 16.5. The molecule has 6 aromatic rings. The highest BCUT2D eigenvalue weighted by Gasteiger charge is 2.15. The van der Waals surface area contributed by atoms with Gasteiger partial charge in [0.2, 0.25) is 5.89 Å². The number of nitrogens with one attached hydrogen (secondary N) is 1. The maximum Gasteiger partial charge on any atom is 0.262 e. The molecule has 1 amide bonds. The van der Waals surface area contributed by atoms with Crippen molar-refractivity contribution in [3.8, 4) is 17.2 Å². The van der Waals surface area contributed by atoms with E-state index >= 15 is 0 Å². The van der Waals surface area contributed by atoms with E-state index in [1.165, 1.54) is 0 Å². The summed E-state index contributed by atoms with van der Waals surface area (Å²) in [4.78, 5) is 17.4. The molecule has 1 N–H and O–H groups in total. The maximum atomic E-state index is 12.7. The van der Waals surface area contributed by atoms with Crippen molar-refractivity contribution in [3.05, 3.63) is 103 Å². The van der Waals surface area contributed by atoms with Crippen molar-refractivity contribution in [2.75, 3.05) is 11.9 Å². The number of hydrogen-bond acceptors (Lipinski definition) is 4. The summed E-state index contributed by atoms with van der Waals surface area (Å²) in [5, 5.41) is 7.21. The van der Waals surface area contributed by atoms with Crippen molar-refractivity contribution in [3.63, 3.8) is 0 Å². The predicted molar refractivity (Wildman–Crippen MR) is 135 cm³/mol. The second-order valence-corrected chi connectivity index (χ2v) is 8.05. The maximum absolute atomic E-state index is 12.7. The lowest BCUT2D eigenvalue weighted by atomic mass is 10.1. The minimum Gasteiger partial charge on any atom is -0.484 e. The van der Waals surface area contributed by atoms with E-state index in [1.807, 2.05) is 103 Å². The standard InChI is InChI=1S/C29H20N2O3/c32-27(18-33-22-15-13-19-7-1-2-9-21(19)17-22)30-25-12-6-5-11-24(25)29-31-26-16-14-20-8-3-4-10-23(20)28(26)34-29/h1-17H,18H2,(H,30,32). The van der Waals surface area contributed by atoms with Crippen molar-refractivity contribution in [2.45, 2.75) is 0 Å². The van der Waals surface area contributed by atoms with Gasteiger partial charge in [-0.3, -0.25) is 4.79 Å². The largest absolute Gasteiger partial charge is 0.484 e. The van der Waals surface area contributed by atoms with Crippen molar-refractivity contribution < 1.29 is 13.9 Å². The van der Waals surface area contributed by atoms with Gasteiger partial charge in [-0.2, -0.15) is 0 Å². The Morgan fingerprint density at radius 1 is 0.794 bits per heavy atom. The van der Waals surface area contributed by atoms with Crippen LogP contribution in [0.3, 0.4) is 0 Å². The average molecular weight is 444 g/mol. The molecule has 0 atom stereocenters. The van der Waals surface area contributed by atoms with E-state index in [0.717, 1.165) is 32.6 Å². The molecule has 5 nitrogen and oxygen atoms in total. The Morgan fingerprint density at radius 2 is 1.53 bits per heavy atom. The number of hydrogen-bond donors (Lipinski definition) is 1. The molecule has 34 heavy (non-hydrogen) atoms. The fraction of sp³-hybridized carbons (Fsp3) is 0.0345. The van der Waals surface area contributed by atoms with Gasteiger partial charge in [-0.05, 0) is 46.5 Å². The molecular weight excluding hydrogens is 424 g/mol. The van der Waals surface area contributed by atoms with Crippen LogP contribution in [0.4, 0.5) is 5.69 Å². The van der Waals surface area contributed by atoms with Crippen molar-refractivity contribution >= 4 is 44.2 Å². The van der Waals surface area contributed by atoms with Crippen molar-refractivity contribution in [1.82, 2.24) is 4.98 Å². The molecule has 164 valence electrons. The Bertz CT molecular complexity index is 1670. The van der Waals surface area contributed by atoms with Gasteiger partial charge < -0.3 is 14.5 Å². The first-order valence-corrected chi connectivity index (χ1v) is 11.0. The second-order valence-electron chi connectivity index (χ2n) is 8.05. The SMILES string of the molecule is O=C(COc1ccc2ccccc2c1)Nc1ccccc1-c1nc2ccc3ccccc3c2o1. The van der Waals surface area contributed by atoms with Gasteiger partial charge in [0.15, 0.2) is 12.2 Å². The molecule has 0 fully saturated rings. The van der Waals surface area contributed by atoms with Gasteiger partial charge in [0.1, 0.15) is 11.3 Å². The van der Waals surface area contributed by atoms with Crippen LogP contribution in [0.5, 0.6) is 5.75 Å². The van der Waals surface area contributed by atoms with Gasteiger partial charge >= 0.3 is 0 Å². The zero-order chi connectivity index (χ0) is 22.9. The predicted octanol–water partition coefficient (Wildman–Crippen LogP) is 6.82. The number of oxazole rings is 1. The smallest absolute Gasteiger partial charge is 0.262 e. The third kappa shape index (κ3) is 3.73. The zero-order valence-corrected chi connectivity index (χ0v) is 18.2. The van der Waals surface area contributed by atoms with Gasteiger partial charge in [-0.1, -0.05) is 72.8 Å². The van der Waals surface area contributed by atoms with E-state index in [9.17, 15) is 4.79 Å². The summed E-state index contributed by atoms with van der Waals surface area (Å²) in [5.41, 5.74) is 2.83. The molecule has 6 rings (SSSR count). The number of ether oxygens (including phenoxy) is 1. The van der Waals surface area contributed by atoms with E-state index in [4.69, 9.17) is 9.15 Å². The van der Waals surface area contributed by atoms with Gasteiger partial charge in [0.05, 0.1) is 11.3 Å². The third-order valence-electron chi connectivity index (χ3n) is 5.80. The first-order chi connectivity index (χ1) is 16.7. The van der Waals surface area contributed by atoms with Crippen LogP contribution in [0.25, 0.3) is 44.1 Å². The summed E-state index contributed by atoms with van der Waals surface area (Å²) < 4.78 is 11.9. The van der Waals surface area contributed by atoms with E-state index < -0.39 is 0 Å². The number of aromatic nitrogens is 1. The van der Waals surface area contributed by atoms with Crippen molar-refractivity contribution in [1.29, 1.82) is 0 Å². The zero-order valence-electron chi connectivity index (χ0n) is 18.2. The summed E-state index contributed by atoms with van der Waals surface area (Å²) in [7, 11) is 0. The van der Waals surface area contributed by atoms with Gasteiger partial charge in [-0.25, -0.2) is 4.98 Å². The molecule has 0 aliphatic rings. The minimum absolute atomic E-state index is 0.106. The Hall–Kier alpha value is -4.64. The summed E-state index contributed by atoms with van der Waals surface area (Å²) >= 11 is 0. The lowest BCUT2D eigenvalue weighted by Gasteiger charge is -2.10. The van der Waals surface area contributed by atoms with Crippen LogP contribution in [0.1, 0.15) is 0 Å². The number of anilines is 1. The molecule has 1 heterocycles.